The molecule has 2 aromatic heterocycles. The minimum absolute atomic E-state index is 0.104. The number of hydrogen-bond acceptors (Lipinski definition) is 3. The van der Waals surface area contributed by atoms with Gasteiger partial charge in [0.25, 0.3) is 5.56 Å². The largest absolute Gasteiger partial charge is 0.355 e. The second kappa shape index (κ2) is 8.73. The Morgan fingerprint density at radius 3 is 2.31 bits per heavy atom. The Labute approximate surface area is 190 Å². The average Bonchev–Trinajstić information content (AvgIpc) is 3.28. The number of H-pyrrole nitrogens is 1. The zero-order valence-electron chi connectivity index (χ0n) is 17.4. The first kappa shape index (κ1) is 20.1. The van der Waals surface area contributed by atoms with E-state index >= 15 is 0 Å². The van der Waals surface area contributed by atoms with Gasteiger partial charge in [0.2, 0.25) is 0 Å². The monoisotopic (exact) mass is 435 g/mol. The summed E-state index contributed by atoms with van der Waals surface area (Å²) in [5.74, 6) is 0.702. The van der Waals surface area contributed by atoms with E-state index in [9.17, 15) is 4.79 Å². The number of thioether (sulfide) groups is 1. The normalized spacial score (nSPS) is 11.0. The van der Waals surface area contributed by atoms with Crippen LogP contribution in [0.4, 0.5) is 0 Å². The van der Waals surface area contributed by atoms with Crippen LogP contribution in [0.1, 0.15) is 11.1 Å². The number of aromatic nitrogens is 3. The van der Waals surface area contributed by atoms with E-state index in [4.69, 9.17) is 4.98 Å². The molecule has 0 aliphatic rings. The molecule has 0 unspecified atom stereocenters. The maximum atomic E-state index is 13.6. The van der Waals surface area contributed by atoms with Crippen LogP contribution in [0.25, 0.3) is 33.9 Å². The molecule has 0 saturated carbocycles. The van der Waals surface area contributed by atoms with E-state index in [1.54, 1.807) is 16.3 Å². The quantitative estimate of drug-likeness (QED) is 0.251. The third kappa shape index (κ3) is 3.79. The van der Waals surface area contributed by atoms with E-state index in [2.05, 4.69) is 23.7 Å². The molecule has 0 saturated heterocycles. The van der Waals surface area contributed by atoms with Gasteiger partial charge < -0.3 is 4.98 Å². The molecule has 3 aromatic carbocycles. The molecule has 0 fully saturated rings. The van der Waals surface area contributed by atoms with E-state index in [0.29, 0.717) is 21.9 Å². The molecule has 0 atom stereocenters. The van der Waals surface area contributed by atoms with Crippen LogP contribution >= 0.6 is 11.8 Å². The van der Waals surface area contributed by atoms with Gasteiger partial charge in [-0.05, 0) is 28.8 Å². The highest BCUT2D eigenvalue weighted by Crippen LogP contribution is 2.30. The second-order valence-electron chi connectivity index (χ2n) is 7.40. The minimum atomic E-state index is -0.104. The fourth-order valence-corrected chi connectivity index (χ4v) is 4.64. The highest BCUT2D eigenvalue weighted by molar-refractivity contribution is 7.98. The summed E-state index contributed by atoms with van der Waals surface area (Å²) in [6.45, 7) is 3.81. The molecule has 0 spiro atoms. The number of hydrogen-bond donors (Lipinski definition) is 1. The molecule has 156 valence electrons. The van der Waals surface area contributed by atoms with Gasteiger partial charge in [-0.15, -0.1) is 0 Å². The summed E-state index contributed by atoms with van der Waals surface area (Å²) in [6, 6.07) is 27.9. The number of nitrogens with zero attached hydrogens (tertiary/aromatic N) is 2. The molecule has 0 amide bonds. The first-order valence-electron chi connectivity index (χ1n) is 10.3. The number of rotatable bonds is 6. The zero-order valence-corrected chi connectivity index (χ0v) is 18.2. The van der Waals surface area contributed by atoms with Crippen molar-refractivity contribution in [3.8, 4) is 16.8 Å². The lowest BCUT2D eigenvalue weighted by atomic mass is 10.1. The summed E-state index contributed by atoms with van der Waals surface area (Å²) in [5, 5.41) is 0.665. The van der Waals surface area contributed by atoms with Crippen molar-refractivity contribution >= 4 is 28.9 Å². The van der Waals surface area contributed by atoms with Crippen molar-refractivity contribution in [3.63, 3.8) is 0 Å². The van der Waals surface area contributed by atoms with Crippen LogP contribution in [0.2, 0.25) is 0 Å². The fourth-order valence-electron chi connectivity index (χ4n) is 3.68. The number of fused-ring (bicyclic) bond motifs is 1. The van der Waals surface area contributed by atoms with E-state index in [1.165, 1.54) is 0 Å². The van der Waals surface area contributed by atoms with Gasteiger partial charge in [-0.25, -0.2) is 4.98 Å². The van der Waals surface area contributed by atoms with Crippen molar-refractivity contribution in [2.75, 3.05) is 0 Å². The van der Waals surface area contributed by atoms with Gasteiger partial charge in [-0.3, -0.25) is 9.36 Å². The zero-order chi connectivity index (χ0) is 21.9. The Morgan fingerprint density at radius 2 is 1.62 bits per heavy atom. The molecule has 2 heterocycles. The number of benzene rings is 3. The van der Waals surface area contributed by atoms with Crippen LogP contribution in [0.3, 0.4) is 0 Å². The summed E-state index contributed by atoms with van der Waals surface area (Å²) in [7, 11) is 0. The molecule has 1 N–H and O–H groups in total. The van der Waals surface area contributed by atoms with Crippen molar-refractivity contribution < 1.29 is 0 Å². The summed E-state index contributed by atoms with van der Waals surface area (Å²) < 4.78 is 1.69. The lowest BCUT2D eigenvalue weighted by molar-refractivity contribution is 0.818. The number of para-hydroxylation sites is 1. The maximum absolute atomic E-state index is 13.6. The van der Waals surface area contributed by atoms with E-state index in [1.807, 2.05) is 85.1 Å². The van der Waals surface area contributed by atoms with E-state index < -0.39 is 0 Å². The highest BCUT2D eigenvalue weighted by Gasteiger charge is 2.18. The lowest BCUT2D eigenvalue weighted by Gasteiger charge is -2.12. The van der Waals surface area contributed by atoms with Crippen molar-refractivity contribution in [2.24, 2.45) is 0 Å². The lowest BCUT2D eigenvalue weighted by Crippen LogP contribution is -2.21. The van der Waals surface area contributed by atoms with E-state index in [0.717, 1.165) is 27.9 Å². The molecule has 5 heteroatoms. The maximum Gasteiger partial charge on any atom is 0.283 e. The van der Waals surface area contributed by atoms with Crippen molar-refractivity contribution in [2.45, 2.75) is 10.9 Å². The number of nitrogens with one attached hydrogen (secondary N) is 1. The SMILES string of the molecule is C=Cc1ccc(CSc2nc3c(-c4ccccc4)c[nH]c3c(=O)n2-c2ccccc2)cc1. The number of aromatic amines is 1. The summed E-state index contributed by atoms with van der Waals surface area (Å²) in [4.78, 5) is 21.7. The molecule has 5 rings (SSSR count). The Hall–Kier alpha value is -3.83. The predicted octanol–water partition coefficient (Wildman–Crippen LogP) is 6.32. The fraction of sp³-hybridized carbons (Fsp3) is 0.0370. The first-order chi connectivity index (χ1) is 15.7. The van der Waals surface area contributed by atoms with Gasteiger partial charge in [0.15, 0.2) is 5.16 Å². The van der Waals surface area contributed by atoms with Crippen LogP contribution < -0.4 is 5.56 Å². The van der Waals surface area contributed by atoms with Crippen molar-refractivity contribution in [1.29, 1.82) is 0 Å². The Kier molecular flexibility index (Phi) is 5.48. The molecule has 5 aromatic rings. The molecule has 4 nitrogen and oxygen atoms in total. The summed E-state index contributed by atoms with van der Waals surface area (Å²) >= 11 is 1.56. The molecule has 0 bridgehead atoms. The average molecular weight is 436 g/mol. The molecule has 0 aliphatic carbocycles. The molecule has 0 radical (unpaired) electrons. The van der Waals surface area contributed by atoms with Gasteiger partial charge in [0.05, 0.1) is 5.69 Å². The van der Waals surface area contributed by atoms with Crippen molar-refractivity contribution in [1.82, 2.24) is 14.5 Å². The Morgan fingerprint density at radius 1 is 0.938 bits per heavy atom. The Balaban J connectivity index is 1.64. The van der Waals surface area contributed by atoms with Crippen LogP contribution in [0, 0.1) is 0 Å². The highest BCUT2D eigenvalue weighted by atomic mass is 32.2. The van der Waals surface area contributed by atoms with Gasteiger partial charge >= 0.3 is 0 Å². The molecular weight excluding hydrogens is 414 g/mol. The first-order valence-corrected chi connectivity index (χ1v) is 11.3. The van der Waals surface area contributed by atoms with Gasteiger partial charge in [-0.1, -0.05) is 97.2 Å². The van der Waals surface area contributed by atoms with Gasteiger partial charge in [0.1, 0.15) is 11.0 Å². The summed E-state index contributed by atoms with van der Waals surface area (Å²) in [6.07, 6.45) is 3.70. The molecule has 32 heavy (non-hydrogen) atoms. The van der Waals surface area contributed by atoms with E-state index in [-0.39, 0.29) is 5.56 Å². The third-order valence-electron chi connectivity index (χ3n) is 5.35. The Bertz CT molecular complexity index is 1440. The van der Waals surface area contributed by atoms with Gasteiger partial charge in [0, 0.05) is 17.5 Å². The summed E-state index contributed by atoms with van der Waals surface area (Å²) in [5.41, 5.74) is 6.09. The van der Waals surface area contributed by atoms with Crippen LogP contribution in [0.15, 0.2) is 108 Å². The van der Waals surface area contributed by atoms with Gasteiger partial charge in [-0.2, -0.15) is 0 Å². The predicted molar refractivity (Wildman–Crippen MR) is 133 cm³/mol. The standard InChI is InChI=1S/C27H21N3OS/c1-2-19-13-15-20(16-14-19)18-32-27-29-24-23(21-9-5-3-6-10-21)17-28-25(24)26(31)30(27)22-11-7-4-8-12-22/h2-17,28H,1,18H2. The smallest absolute Gasteiger partial charge is 0.283 e. The molecular formula is C27H21N3OS. The van der Waals surface area contributed by atoms with Crippen molar-refractivity contribution in [3.05, 3.63) is 119 Å². The minimum Gasteiger partial charge on any atom is -0.355 e. The third-order valence-corrected chi connectivity index (χ3v) is 6.36. The molecule has 0 aliphatic heterocycles. The van der Waals surface area contributed by atoms with Crippen LogP contribution in [0.5, 0.6) is 0 Å². The topological polar surface area (TPSA) is 50.7 Å². The van der Waals surface area contributed by atoms with Crippen LogP contribution in [-0.2, 0) is 5.75 Å². The van der Waals surface area contributed by atoms with Crippen LogP contribution in [-0.4, -0.2) is 14.5 Å². The second-order valence-corrected chi connectivity index (χ2v) is 8.34.